The average Bonchev–Trinajstić information content (AvgIpc) is 2.04. The third-order valence-electron chi connectivity index (χ3n) is 1.36. The van der Waals surface area contributed by atoms with Crippen LogP contribution in [0.2, 0.25) is 0 Å². The van der Waals surface area contributed by atoms with Gasteiger partial charge >= 0.3 is 18.1 Å². The summed E-state index contributed by atoms with van der Waals surface area (Å²) in [4.78, 5) is 0. The molecule has 6 heteroatoms. The van der Waals surface area contributed by atoms with Gasteiger partial charge < -0.3 is 16.1 Å². The van der Waals surface area contributed by atoms with E-state index in [1.54, 1.807) is 0 Å². The summed E-state index contributed by atoms with van der Waals surface area (Å²) in [6.45, 7) is 0. The Balaban J connectivity index is 3.05. The van der Waals surface area contributed by atoms with E-state index in [4.69, 9.17) is 26.8 Å². The molecule has 0 aromatic carbocycles. The second-order valence-electron chi connectivity index (χ2n) is 2.08. The van der Waals surface area contributed by atoms with E-state index in [1.807, 2.05) is 0 Å². The Morgan fingerprint density at radius 1 is 1.15 bits per heavy atom. The molecule has 0 saturated carbocycles. The maximum atomic E-state index is 9.15. The third kappa shape index (κ3) is 1.17. The normalized spacial score (nSPS) is 16.3. The Morgan fingerprint density at radius 3 is 2.15 bits per heavy atom. The predicted octanol–water partition coefficient (Wildman–Crippen LogP) is -1.02. The smallest absolute Gasteiger partial charge is 0.315 e. The van der Waals surface area contributed by atoms with Crippen LogP contribution < -0.4 is 10.7 Å². The molecule has 0 bridgehead atoms. The molecule has 1 heterocycles. The largest absolute Gasteiger partial charge is 0.717 e. The topological polar surface area (TPSA) is 129 Å². The summed E-state index contributed by atoms with van der Waals surface area (Å²) in [7, 11) is 0. The zero-order chi connectivity index (χ0) is 10.0. The van der Waals surface area contributed by atoms with Gasteiger partial charge in [-0.25, -0.2) is 0 Å². The van der Waals surface area contributed by atoms with Crippen molar-refractivity contribution >= 4 is 17.4 Å². The summed E-state index contributed by atoms with van der Waals surface area (Å²) in [5.74, 6) is -2.68. The van der Waals surface area contributed by atoms with Crippen LogP contribution in [-0.2, 0) is 0 Å². The van der Waals surface area contributed by atoms with Crippen molar-refractivity contribution in [2.45, 2.75) is 0 Å². The number of hydrogen-bond acceptors (Lipinski definition) is 2. The Kier molecular flexibility index (Phi) is 1.91. The zero-order valence-corrected chi connectivity index (χ0v) is 6.18. The fourth-order valence-corrected chi connectivity index (χ4v) is 0.755. The third-order valence-corrected chi connectivity index (χ3v) is 1.36. The Bertz CT molecular complexity index is 333. The van der Waals surface area contributed by atoms with Crippen molar-refractivity contribution in [1.82, 2.24) is 10.7 Å². The average molecular weight is 168 g/mol. The van der Waals surface area contributed by atoms with E-state index in [0.29, 0.717) is 0 Å². The molecule has 0 unspecified atom stereocenters. The van der Waals surface area contributed by atoms with Gasteiger partial charge in [0.05, 0.1) is 0 Å². The van der Waals surface area contributed by atoms with Crippen LogP contribution in [0.25, 0.3) is 10.8 Å². The van der Waals surface area contributed by atoms with Crippen LogP contribution in [0, 0.1) is 34.5 Å². The van der Waals surface area contributed by atoms with Gasteiger partial charge in [-0.1, -0.05) is 0 Å². The van der Waals surface area contributed by atoms with E-state index in [0.717, 1.165) is 0 Å². The molecule has 0 atom stereocenters. The molecule has 13 heavy (non-hydrogen) atoms. The first kappa shape index (κ1) is 8.62. The molecule has 0 aliphatic carbocycles. The highest BCUT2D eigenvalue weighted by molar-refractivity contribution is 6.44. The van der Waals surface area contributed by atoms with Crippen LogP contribution in [0.15, 0.2) is 0 Å². The van der Waals surface area contributed by atoms with Crippen molar-refractivity contribution < 1.29 is 0 Å². The fraction of sp³-hybridized carbons (Fsp3) is 0. The lowest BCUT2D eigenvalue weighted by molar-refractivity contribution is 1.25. The van der Waals surface area contributed by atoms with Gasteiger partial charge in [-0.3, -0.25) is 0 Å². The maximum Gasteiger partial charge on any atom is 0.315 e. The molecule has 1 fully saturated rings. The summed E-state index contributed by atoms with van der Waals surface area (Å²) in [6, 6.07) is 2.88. The minimum Gasteiger partial charge on any atom is -0.717 e. The van der Waals surface area contributed by atoms with Gasteiger partial charge in [0.1, 0.15) is 5.84 Å². The number of piperidine rings is 1. The molecule has 0 aromatic rings. The van der Waals surface area contributed by atoms with Crippen LogP contribution in [0.4, 0.5) is 0 Å². The lowest BCUT2D eigenvalue weighted by atomic mass is 9.88. The van der Waals surface area contributed by atoms with Crippen molar-refractivity contribution in [1.29, 1.82) is 10.5 Å². The van der Waals surface area contributed by atoms with Crippen LogP contribution in [0.1, 0.15) is 0 Å². The van der Waals surface area contributed by atoms with Crippen LogP contribution in [0.3, 0.4) is 0 Å². The summed E-state index contributed by atoms with van der Waals surface area (Å²) >= 11 is 0. The minimum absolute atomic E-state index is 0.533. The quantitative estimate of drug-likeness (QED) is 0.428. The van der Waals surface area contributed by atoms with E-state index in [9.17, 15) is 0 Å². The van der Waals surface area contributed by atoms with Crippen molar-refractivity contribution in [3.8, 4) is 12.1 Å². The van der Waals surface area contributed by atoms with Crippen LogP contribution >= 0.6 is 0 Å². The van der Waals surface area contributed by atoms with Crippen LogP contribution in [0.5, 0.6) is 0 Å². The van der Waals surface area contributed by atoms with E-state index < -0.39 is 29.2 Å². The standard InChI is InChI=1S/C7N6/c8-1-3-5(10)4(2-9)7(12)13-6(3)11. The highest BCUT2D eigenvalue weighted by Gasteiger charge is 2.48. The van der Waals surface area contributed by atoms with Gasteiger partial charge in [0.15, 0.2) is 0 Å². The van der Waals surface area contributed by atoms with E-state index in [2.05, 4.69) is 5.32 Å². The molecule has 0 aromatic heterocycles. The molecule has 1 aliphatic heterocycles. The Morgan fingerprint density at radius 2 is 1.69 bits per heavy atom. The van der Waals surface area contributed by atoms with E-state index in [1.165, 1.54) is 12.1 Å². The summed E-state index contributed by atoms with van der Waals surface area (Å²) in [5, 5.41) is 46.9. The first-order valence-corrected chi connectivity index (χ1v) is 3.07. The van der Waals surface area contributed by atoms with Crippen LogP contribution in [-0.4, -0.2) is 17.4 Å². The molecular weight excluding hydrogens is 168 g/mol. The highest BCUT2D eigenvalue weighted by atomic mass is 15.0. The molecule has 1 saturated heterocycles. The minimum atomic E-state index is -0.809. The van der Waals surface area contributed by atoms with Gasteiger partial charge in [-0.05, 0) is 0 Å². The maximum absolute atomic E-state index is 9.15. The van der Waals surface area contributed by atoms with Gasteiger partial charge in [0.25, 0.3) is 11.8 Å². The molecule has 1 aliphatic rings. The van der Waals surface area contributed by atoms with Crippen molar-refractivity contribution in [2.24, 2.45) is 0 Å². The first-order chi connectivity index (χ1) is 6.11. The molecular formula is C7N6. The Labute approximate surface area is 74.3 Å². The number of rotatable bonds is 0. The van der Waals surface area contributed by atoms with E-state index in [-0.39, 0.29) is 0 Å². The van der Waals surface area contributed by atoms with Crippen molar-refractivity contribution in [2.75, 3.05) is 0 Å². The molecule has 6 nitrogen and oxygen atoms in total. The molecule has 0 N–H and O–H groups in total. The zero-order valence-electron chi connectivity index (χ0n) is 6.18. The second-order valence-corrected chi connectivity index (χ2v) is 2.08. The monoisotopic (exact) mass is 168 g/mol. The first-order valence-electron chi connectivity index (χ1n) is 3.07. The summed E-state index contributed by atoms with van der Waals surface area (Å²) in [6.07, 6.45) is 0. The number of amidine groups is 2. The van der Waals surface area contributed by atoms with Gasteiger partial charge in [0, 0.05) is 0 Å². The lowest BCUT2D eigenvalue weighted by Crippen LogP contribution is -2.44. The molecule has 0 spiro atoms. The number of hydrogen-bond donors (Lipinski definition) is 0. The second kappa shape index (κ2) is 2.88. The van der Waals surface area contributed by atoms with Crippen molar-refractivity contribution in [3.63, 3.8) is 0 Å². The van der Waals surface area contributed by atoms with Gasteiger partial charge in [-0.2, -0.15) is 0 Å². The predicted molar refractivity (Wildman–Crippen MR) is 43.7 cm³/mol. The highest BCUT2D eigenvalue weighted by Crippen LogP contribution is 2.18. The number of nitriles is 2. The number of nitrogens with zero attached hydrogens (tertiary/aromatic N) is 6. The SMILES string of the molecule is [N]=C1[N]C(=[N-])[C+](C#N)C(=[N-])[C+]1C#N. The Hall–Kier alpha value is -2.47. The lowest BCUT2D eigenvalue weighted by Gasteiger charge is -2.15. The van der Waals surface area contributed by atoms with Crippen molar-refractivity contribution in [3.05, 3.63) is 22.7 Å². The summed E-state index contributed by atoms with van der Waals surface area (Å²) in [5.41, 5.74) is -0.769. The fourth-order valence-electron chi connectivity index (χ4n) is 0.755. The van der Waals surface area contributed by atoms with Gasteiger partial charge in [0.2, 0.25) is 5.71 Å². The summed E-state index contributed by atoms with van der Waals surface area (Å²) < 4.78 is 0. The molecule has 1 rings (SSSR count). The molecule has 2 radical (unpaired) electrons. The van der Waals surface area contributed by atoms with E-state index >= 15 is 0 Å². The van der Waals surface area contributed by atoms with Gasteiger partial charge in [-0.15, -0.1) is 15.9 Å². The molecule has 0 amide bonds. The molecule has 58 valence electrons.